The van der Waals surface area contributed by atoms with Crippen LogP contribution >= 0.6 is 11.6 Å². The van der Waals surface area contributed by atoms with Crippen LogP contribution in [0.3, 0.4) is 0 Å². The molecule has 162 valence electrons. The molecular weight excluding hydrogens is 396 g/mol. The number of ether oxygens (including phenoxy) is 1. The molecule has 2 aromatic rings. The fourth-order valence-corrected chi connectivity index (χ4v) is 4.13. The molecule has 0 spiro atoms. The van der Waals surface area contributed by atoms with Gasteiger partial charge in [-0.15, -0.1) is 0 Å². The zero-order valence-electron chi connectivity index (χ0n) is 18.1. The van der Waals surface area contributed by atoms with Crippen LogP contribution in [0.1, 0.15) is 44.2 Å². The lowest BCUT2D eigenvalue weighted by Gasteiger charge is -2.32. The lowest BCUT2D eigenvalue weighted by atomic mass is 9.96. The van der Waals surface area contributed by atoms with E-state index in [0.29, 0.717) is 6.54 Å². The van der Waals surface area contributed by atoms with Gasteiger partial charge in [-0.1, -0.05) is 41.9 Å². The molecule has 5 heteroatoms. The van der Waals surface area contributed by atoms with Gasteiger partial charge in [0.25, 0.3) is 0 Å². The number of rotatable bonds is 9. The first-order valence-electron chi connectivity index (χ1n) is 11.0. The Hall–Kier alpha value is -2.04. The number of halogens is 1. The summed E-state index contributed by atoms with van der Waals surface area (Å²) in [6, 6.07) is 16.2. The van der Waals surface area contributed by atoms with Gasteiger partial charge in [-0.2, -0.15) is 0 Å². The van der Waals surface area contributed by atoms with E-state index >= 15 is 0 Å². The van der Waals surface area contributed by atoms with Crippen LogP contribution in [0.2, 0.25) is 5.02 Å². The predicted molar refractivity (Wildman–Crippen MR) is 123 cm³/mol. The molecule has 2 aromatic carbocycles. The number of nitrogens with one attached hydrogen (secondary N) is 1. The number of benzene rings is 2. The number of likely N-dealkylation sites (tertiary alicyclic amines) is 1. The predicted octanol–water partition coefficient (Wildman–Crippen LogP) is 5.09. The van der Waals surface area contributed by atoms with E-state index in [4.69, 9.17) is 16.3 Å². The van der Waals surface area contributed by atoms with Crippen molar-refractivity contribution >= 4 is 17.5 Å². The molecule has 0 aliphatic carbocycles. The Morgan fingerprint density at radius 3 is 2.70 bits per heavy atom. The largest absolute Gasteiger partial charge is 0.491 e. The quantitative estimate of drug-likeness (QED) is 0.565. The Morgan fingerprint density at radius 1 is 1.20 bits per heavy atom. The van der Waals surface area contributed by atoms with Gasteiger partial charge >= 0.3 is 0 Å². The average Bonchev–Trinajstić information content (AvgIpc) is 2.74. The summed E-state index contributed by atoms with van der Waals surface area (Å²) in [5, 5.41) is 3.94. The standard InChI is InChI=1S/C25H33ClN2O2/c1-19(2)30-23-13-11-20(12-14-23)7-5-15-27-25(29)22-9-6-16-28(18-22)17-21-8-3-4-10-24(21)26/h3-4,8,10-14,19,22H,5-7,9,15-18H2,1-2H3,(H,27,29)/t22-/m1/s1. The molecule has 1 saturated heterocycles. The van der Waals surface area contributed by atoms with Crippen molar-refractivity contribution in [3.05, 3.63) is 64.7 Å². The normalized spacial score (nSPS) is 17.1. The molecule has 4 nitrogen and oxygen atoms in total. The molecule has 1 N–H and O–H groups in total. The summed E-state index contributed by atoms with van der Waals surface area (Å²) in [5.74, 6) is 1.15. The fourth-order valence-electron chi connectivity index (χ4n) is 3.94. The maximum Gasteiger partial charge on any atom is 0.224 e. The summed E-state index contributed by atoms with van der Waals surface area (Å²) in [6.07, 6.45) is 4.08. The van der Waals surface area contributed by atoms with Crippen LogP contribution < -0.4 is 10.1 Å². The number of aryl methyl sites for hydroxylation is 1. The van der Waals surface area contributed by atoms with Crippen LogP contribution in [-0.4, -0.2) is 36.5 Å². The second-order valence-electron chi connectivity index (χ2n) is 8.37. The van der Waals surface area contributed by atoms with Gasteiger partial charge in [-0.05, 0) is 75.4 Å². The first-order valence-corrected chi connectivity index (χ1v) is 11.4. The van der Waals surface area contributed by atoms with Crippen LogP contribution in [0.15, 0.2) is 48.5 Å². The molecule has 0 aromatic heterocycles. The summed E-state index contributed by atoms with van der Waals surface area (Å²) in [7, 11) is 0. The highest BCUT2D eigenvalue weighted by Crippen LogP contribution is 2.22. The van der Waals surface area contributed by atoms with Gasteiger partial charge in [-0.3, -0.25) is 9.69 Å². The molecule has 1 fully saturated rings. The molecule has 1 aliphatic heterocycles. The van der Waals surface area contributed by atoms with Crippen molar-refractivity contribution in [3.63, 3.8) is 0 Å². The number of carbonyl (C=O) groups is 1. The number of hydrogen-bond donors (Lipinski definition) is 1. The number of nitrogens with zero attached hydrogens (tertiary/aromatic N) is 1. The Bertz CT molecular complexity index is 807. The van der Waals surface area contributed by atoms with Crippen molar-refractivity contribution in [2.75, 3.05) is 19.6 Å². The van der Waals surface area contributed by atoms with Crippen molar-refractivity contribution in [2.24, 2.45) is 5.92 Å². The van der Waals surface area contributed by atoms with Crippen LogP contribution in [0.4, 0.5) is 0 Å². The third kappa shape index (κ3) is 7.03. The van der Waals surface area contributed by atoms with E-state index in [-0.39, 0.29) is 17.9 Å². The third-order valence-corrected chi connectivity index (χ3v) is 5.83. The lowest BCUT2D eigenvalue weighted by molar-refractivity contribution is -0.126. The van der Waals surface area contributed by atoms with Crippen molar-refractivity contribution in [2.45, 2.75) is 52.2 Å². The highest BCUT2D eigenvalue weighted by molar-refractivity contribution is 6.31. The van der Waals surface area contributed by atoms with E-state index < -0.39 is 0 Å². The van der Waals surface area contributed by atoms with Crippen LogP contribution in [-0.2, 0) is 17.8 Å². The number of carbonyl (C=O) groups excluding carboxylic acids is 1. The van der Waals surface area contributed by atoms with E-state index in [1.165, 1.54) is 5.56 Å². The van der Waals surface area contributed by atoms with Gasteiger partial charge in [0.1, 0.15) is 5.75 Å². The van der Waals surface area contributed by atoms with E-state index in [0.717, 1.165) is 61.7 Å². The van der Waals surface area contributed by atoms with Crippen molar-refractivity contribution in [1.29, 1.82) is 0 Å². The molecule has 0 bridgehead atoms. The Labute approximate surface area is 185 Å². The lowest BCUT2D eigenvalue weighted by Crippen LogP contribution is -2.43. The highest BCUT2D eigenvalue weighted by atomic mass is 35.5. The summed E-state index contributed by atoms with van der Waals surface area (Å²) in [5.41, 5.74) is 2.40. The van der Waals surface area contributed by atoms with Gasteiger partial charge in [0.2, 0.25) is 5.91 Å². The second kappa shape index (κ2) is 11.4. The van der Waals surface area contributed by atoms with Crippen LogP contribution in [0.5, 0.6) is 5.75 Å². The first-order chi connectivity index (χ1) is 14.5. The summed E-state index contributed by atoms with van der Waals surface area (Å²) >= 11 is 6.30. The van der Waals surface area contributed by atoms with E-state index in [2.05, 4.69) is 28.4 Å². The van der Waals surface area contributed by atoms with Gasteiger partial charge < -0.3 is 10.1 Å². The number of piperidine rings is 1. The van der Waals surface area contributed by atoms with Crippen molar-refractivity contribution in [1.82, 2.24) is 10.2 Å². The molecule has 1 amide bonds. The Morgan fingerprint density at radius 2 is 1.97 bits per heavy atom. The van der Waals surface area contributed by atoms with Gasteiger partial charge in [0.15, 0.2) is 0 Å². The smallest absolute Gasteiger partial charge is 0.224 e. The topological polar surface area (TPSA) is 41.6 Å². The van der Waals surface area contributed by atoms with Gasteiger partial charge in [0, 0.05) is 24.7 Å². The number of hydrogen-bond acceptors (Lipinski definition) is 3. The fraction of sp³-hybridized carbons (Fsp3) is 0.480. The minimum atomic E-state index is 0.0636. The van der Waals surface area contributed by atoms with Gasteiger partial charge in [0.05, 0.1) is 12.0 Å². The molecule has 3 rings (SSSR count). The molecule has 0 saturated carbocycles. The van der Waals surface area contributed by atoms with E-state index in [1.807, 2.05) is 44.2 Å². The van der Waals surface area contributed by atoms with E-state index in [9.17, 15) is 4.79 Å². The molecule has 1 aliphatic rings. The first kappa shape index (κ1) is 22.6. The minimum absolute atomic E-state index is 0.0636. The summed E-state index contributed by atoms with van der Waals surface area (Å²) in [6.45, 7) is 7.39. The molecular formula is C25H33ClN2O2. The second-order valence-corrected chi connectivity index (χ2v) is 8.78. The maximum absolute atomic E-state index is 12.6. The molecule has 0 radical (unpaired) electrons. The Balaban J connectivity index is 1.38. The highest BCUT2D eigenvalue weighted by Gasteiger charge is 2.25. The van der Waals surface area contributed by atoms with Gasteiger partial charge in [-0.25, -0.2) is 0 Å². The van der Waals surface area contributed by atoms with Crippen molar-refractivity contribution in [3.8, 4) is 5.75 Å². The van der Waals surface area contributed by atoms with Crippen LogP contribution in [0, 0.1) is 5.92 Å². The monoisotopic (exact) mass is 428 g/mol. The molecule has 1 heterocycles. The minimum Gasteiger partial charge on any atom is -0.491 e. The zero-order chi connectivity index (χ0) is 21.3. The van der Waals surface area contributed by atoms with Crippen LogP contribution in [0.25, 0.3) is 0 Å². The summed E-state index contributed by atoms with van der Waals surface area (Å²) in [4.78, 5) is 15.0. The summed E-state index contributed by atoms with van der Waals surface area (Å²) < 4.78 is 5.68. The zero-order valence-corrected chi connectivity index (χ0v) is 18.8. The van der Waals surface area contributed by atoms with Crippen molar-refractivity contribution < 1.29 is 9.53 Å². The third-order valence-electron chi connectivity index (χ3n) is 5.46. The maximum atomic E-state index is 12.6. The molecule has 30 heavy (non-hydrogen) atoms. The molecule has 1 atom stereocenters. The molecule has 0 unspecified atom stereocenters. The SMILES string of the molecule is CC(C)Oc1ccc(CCCNC(=O)[C@@H]2CCCN(Cc3ccccc3Cl)C2)cc1. The average molecular weight is 429 g/mol. The number of amides is 1. The van der Waals surface area contributed by atoms with E-state index in [1.54, 1.807) is 0 Å². The Kier molecular flexibility index (Phi) is 8.59.